The lowest BCUT2D eigenvalue weighted by molar-refractivity contribution is -0.137. The predicted octanol–water partition coefficient (Wildman–Crippen LogP) is 4.33. The maximum atomic E-state index is 12.9. The lowest BCUT2D eigenvalue weighted by atomic mass is 9.98. The molecule has 0 heterocycles. The molecule has 0 amide bonds. The molecular formula is C13H18F3N. The zero-order chi connectivity index (χ0) is 13.3. The van der Waals surface area contributed by atoms with Crippen LogP contribution in [0.25, 0.3) is 0 Å². The van der Waals surface area contributed by atoms with Crippen LogP contribution in [0, 0.1) is 0 Å². The van der Waals surface area contributed by atoms with Crippen molar-refractivity contribution in [3.63, 3.8) is 0 Å². The highest BCUT2D eigenvalue weighted by Gasteiger charge is 2.36. The van der Waals surface area contributed by atoms with Gasteiger partial charge in [-0.1, -0.05) is 19.1 Å². The molecule has 1 aromatic carbocycles. The molecule has 0 aliphatic carbocycles. The number of alkyl halides is 3. The summed E-state index contributed by atoms with van der Waals surface area (Å²) in [6, 6.07) is 5.68. The van der Waals surface area contributed by atoms with Gasteiger partial charge in [0.1, 0.15) is 0 Å². The molecule has 17 heavy (non-hydrogen) atoms. The molecule has 4 heteroatoms. The molecule has 1 aromatic rings. The Morgan fingerprint density at radius 3 is 2.12 bits per heavy atom. The topological polar surface area (TPSA) is 3.24 Å². The van der Waals surface area contributed by atoms with Gasteiger partial charge in [-0.15, -0.1) is 0 Å². The van der Waals surface area contributed by atoms with E-state index in [0.717, 1.165) is 12.5 Å². The summed E-state index contributed by atoms with van der Waals surface area (Å²) in [6.07, 6.45) is -3.54. The monoisotopic (exact) mass is 245 g/mol. The lowest BCUT2D eigenvalue weighted by Gasteiger charge is -2.38. The molecule has 0 spiro atoms. The number of nitrogens with zero attached hydrogens (tertiary/aromatic N) is 1. The van der Waals surface area contributed by atoms with E-state index in [1.54, 1.807) is 18.0 Å². The highest BCUT2D eigenvalue weighted by Crippen LogP contribution is 2.38. The summed E-state index contributed by atoms with van der Waals surface area (Å²) >= 11 is 0. The third kappa shape index (κ3) is 2.93. The first kappa shape index (κ1) is 13.9. The molecule has 0 atom stereocenters. The van der Waals surface area contributed by atoms with E-state index >= 15 is 0 Å². The largest absolute Gasteiger partial charge is 0.418 e. The SMILES string of the molecule is CCC(C)(C)N(C)c1ccccc1C(F)(F)F. The van der Waals surface area contributed by atoms with Gasteiger partial charge in [0.15, 0.2) is 0 Å². The summed E-state index contributed by atoms with van der Waals surface area (Å²) in [4.78, 5) is 1.69. The van der Waals surface area contributed by atoms with E-state index in [2.05, 4.69) is 0 Å². The van der Waals surface area contributed by atoms with Gasteiger partial charge >= 0.3 is 6.18 Å². The third-order valence-electron chi connectivity index (χ3n) is 3.34. The van der Waals surface area contributed by atoms with Gasteiger partial charge in [-0.2, -0.15) is 13.2 Å². The zero-order valence-corrected chi connectivity index (χ0v) is 10.6. The number of hydrogen-bond donors (Lipinski definition) is 0. The van der Waals surface area contributed by atoms with E-state index in [-0.39, 0.29) is 11.2 Å². The average molecular weight is 245 g/mol. The fourth-order valence-electron chi connectivity index (χ4n) is 1.57. The molecule has 0 aliphatic heterocycles. The van der Waals surface area contributed by atoms with Crippen molar-refractivity contribution in [2.75, 3.05) is 11.9 Å². The van der Waals surface area contributed by atoms with Crippen LogP contribution in [-0.4, -0.2) is 12.6 Å². The van der Waals surface area contributed by atoms with Gasteiger partial charge in [-0.05, 0) is 32.4 Å². The quantitative estimate of drug-likeness (QED) is 0.766. The van der Waals surface area contributed by atoms with Gasteiger partial charge in [0, 0.05) is 18.3 Å². The Bertz CT molecular complexity index is 382. The molecule has 1 nitrogen and oxygen atoms in total. The normalized spacial score (nSPS) is 12.6. The Morgan fingerprint density at radius 1 is 1.12 bits per heavy atom. The first-order chi connectivity index (χ1) is 7.70. The van der Waals surface area contributed by atoms with Crippen LogP contribution in [0.1, 0.15) is 32.8 Å². The Kier molecular flexibility index (Phi) is 3.74. The molecule has 0 radical (unpaired) electrons. The molecular weight excluding hydrogens is 227 g/mol. The van der Waals surface area contributed by atoms with E-state index in [4.69, 9.17) is 0 Å². The number of para-hydroxylation sites is 1. The van der Waals surface area contributed by atoms with Gasteiger partial charge in [0.05, 0.1) is 5.56 Å². The van der Waals surface area contributed by atoms with Crippen molar-refractivity contribution in [1.82, 2.24) is 0 Å². The van der Waals surface area contributed by atoms with Crippen LogP contribution >= 0.6 is 0 Å². The summed E-state index contributed by atoms with van der Waals surface area (Å²) in [6.45, 7) is 5.83. The average Bonchev–Trinajstić information content (AvgIpc) is 2.27. The number of hydrogen-bond acceptors (Lipinski definition) is 1. The summed E-state index contributed by atoms with van der Waals surface area (Å²) in [5.41, 5.74) is -0.655. The zero-order valence-electron chi connectivity index (χ0n) is 10.6. The van der Waals surface area contributed by atoms with Crippen LogP contribution in [0.15, 0.2) is 24.3 Å². The minimum atomic E-state index is -4.31. The van der Waals surface area contributed by atoms with Crippen molar-refractivity contribution in [1.29, 1.82) is 0 Å². The fourth-order valence-corrected chi connectivity index (χ4v) is 1.57. The second-order valence-electron chi connectivity index (χ2n) is 4.74. The Morgan fingerprint density at radius 2 is 1.65 bits per heavy atom. The van der Waals surface area contributed by atoms with Gasteiger partial charge < -0.3 is 4.90 Å². The molecule has 1 rings (SSSR count). The third-order valence-corrected chi connectivity index (χ3v) is 3.34. The molecule has 96 valence electrons. The molecule has 0 saturated heterocycles. The molecule has 0 bridgehead atoms. The van der Waals surface area contributed by atoms with Crippen molar-refractivity contribution in [3.05, 3.63) is 29.8 Å². The summed E-state index contributed by atoms with van der Waals surface area (Å²) < 4.78 is 38.6. The smallest absolute Gasteiger partial charge is 0.369 e. The van der Waals surface area contributed by atoms with Crippen LogP contribution < -0.4 is 4.90 Å². The van der Waals surface area contributed by atoms with Gasteiger partial charge in [-0.25, -0.2) is 0 Å². The second kappa shape index (κ2) is 4.59. The highest BCUT2D eigenvalue weighted by atomic mass is 19.4. The number of benzene rings is 1. The van der Waals surface area contributed by atoms with E-state index in [1.807, 2.05) is 20.8 Å². The number of anilines is 1. The standard InChI is InChI=1S/C13H18F3N/c1-5-12(2,3)17(4)11-9-7-6-8-10(11)13(14,15)16/h6-9H,5H2,1-4H3. The molecule has 0 N–H and O–H groups in total. The highest BCUT2D eigenvalue weighted by molar-refractivity contribution is 5.56. The van der Waals surface area contributed by atoms with Crippen molar-refractivity contribution >= 4 is 5.69 Å². The summed E-state index contributed by atoms with van der Waals surface area (Å²) in [7, 11) is 1.70. The maximum absolute atomic E-state index is 12.9. The summed E-state index contributed by atoms with van der Waals surface area (Å²) in [5, 5.41) is 0. The predicted molar refractivity (Wildman–Crippen MR) is 64.2 cm³/mol. The maximum Gasteiger partial charge on any atom is 0.418 e. The Balaban J connectivity index is 3.23. The van der Waals surface area contributed by atoms with Gasteiger partial charge in [0.25, 0.3) is 0 Å². The minimum Gasteiger partial charge on any atom is -0.369 e. The second-order valence-corrected chi connectivity index (χ2v) is 4.74. The van der Waals surface area contributed by atoms with E-state index in [0.29, 0.717) is 0 Å². The van der Waals surface area contributed by atoms with Crippen LogP contribution in [0.4, 0.5) is 18.9 Å². The van der Waals surface area contributed by atoms with Gasteiger partial charge in [-0.3, -0.25) is 0 Å². The van der Waals surface area contributed by atoms with Crippen LogP contribution in [0.5, 0.6) is 0 Å². The Hall–Kier alpha value is -1.19. The number of halogens is 3. The molecule has 0 aliphatic rings. The summed E-state index contributed by atoms with van der Waals surface area (Å²) in [5.74, 6) is 0. The molecule has 0 aromatic heterocycles. The van der Waals surface area contributed by atoms with Crippen LogP contribution in [0.2, 0.25) is 0 Å². The molecule has 0 saturated carbocycles. The Labute approximate surface area is 100 Å². The first-order valence-electron chi connectivity index (χ1n) is 5.60. The molecule has 0 fully saturated rings. The first-order valence-corrected chi connectivity index (χ1v) is 5.60. The van der Waals surface area contributed by atoms with Gasteiger partial charge in [0.2, 0.25) is 0 Å². The molecule has 0 unspecified atom stereocenters. The minimum absolute atomic E-state index is 0.229. The lowest BCUT2D eigenvalue weighted by Crippen LogP contribution is -2.41. The van der Waals surface area contributed by atoms with Crippen molar-refractivity contribution < 1.29 is 13.2 Å². The number of rotatable bonds is 3. The van der Waals surface area contributed by atoms with Crippen LogP contribution in [0.3, 0.4) is 0 Å². The van der Waals surface area contributed by atoms with E-state index in [9.17, 15) is 13.2 Å². The van der Waals surface area contributed by atoms with E-state index < -0.39 is 11.7 Å². The van der Waals surface area contributed by atoms with Crippen LogP contribution in [-0.2, 0) is 6.18 Å². The van der Waals surface area contributed by atoms with Crippen molar-refractivity contribution in [3.8, 4) is 0 Å². The van der Waals surface area contributed by atoms with Crippen molar-refractivity contribution in [2.45, 2.75) is 38.9 Å². The van der Waals surface area contributed by atoms with E-state index in [1.165, 1.54) is 12.1 Å². The van der Waals surface area contributed by atoms with Crippen molar-refractivity contribution in [2.24, 2.45) is 0 Å². The fraction of sp³-hybridized carbons (Fsp3) is 0.538.